The van der Waals surface area contributed by atoms with Crippen LogP contribution in [0.3, 0.4) is 0 Å². The van der Waals surface area contributed by atoms with E-state index in [-0.39, 0.29) is 6.42 Å². The molecule has 2 unspecified atom stereocenters. The zero-order valence-electron chi connectivity index (χ0n) is 16.2. The number of aromatic amines is 1. The molecule has 1 saturated heterocycles. The molecule has 188 valence electrons. The van der Waals surface area contributed by atoms with Crippen LogP contribution in [0.1, 0.15) is 6.42 Å². The Balaban J connectivity index is 2.26. The summed E-state index contributed by atoms with van der Waals surface area (Å²) in [4.78, 5) is 61.2. The Hall–Kier alpha value is -1.49. The van der Waals surface area contributed by atoms with Gasteiger partial charge >= 0.3 is 29.2 Å². The molecule has 33 heavy (non-hydrogen) atoms. The van der Waals surface area contributed by atoms with Gasteiger partial charge in [-0.05, 0) is 6.20 Å². The molecule has 1 aliphatic rings. The van der Waals surface area contributed by atoms with Crippen LogP contribution >= 0.6 is 23.5 Å². The van der Waals surface area contributed by atoms with Crippen LogP contribution in [-0.4, -0.2) is 64.3 Å². The minimum atomic E-state index is -5.78. The number of nitrogens with one attached hydrogen (secondary N) is 1. The molecule has 1 aromatic heterocycles. The van der Waals surface area contributed by atoms with Gasteiger partial charge in [-0.25, -0.2) is 18.5 Å². The van der Waals surface area contributed by atoms with Crippen LogP contribution in [0.15, 0.2) is 34.1 Å². The van der Waals surface area contributed by atoms with E-state index in [0.717, 1.165) is 23.0 Å². The molecule has 1 aliphatic heterocycles. The highest BCUT2D eigenvalue weighted by atomic mass is 31.3. The van der Waals surface area contributed by atoms with E-state index in [9.17, 15) is 38.4 Å². The van der Waals surface area contributed by atoms with Crippen LogP contribution in [-0.2, 0) is 37.3 Å². The van der Waals surface area contributed by atoms with Gasteiger partial charge in [0.05, 0.1) is 6.61 Å². The van der Waals surface area contributed by atoms with Gasteiger partial charge in [0.25, 0.3) is 5.56 Å². The summed E-state index contributed by atoms with van der Waals surface area (Å²) >= 11 is 0. The maximum atomic E-state index is 12.2. The molecular weight excluding hydrogens is 519 g/mol. The molecule has 2 rings (SSSR count). The molecule has 9 N–H and O–H groups in total. The summed E-state index contributed by atoms with van der Waals surface area (Å²) in [5.41, 5.74) is 1.37. The number of aromatic nitrogens is 2. The van der Waals surface area contributed by atoms with Gasteiger partial charge in [-0.2, -0.15) is 8.62 Å². The van der Waals surface area contributed by atoms with Crippen molar-refractivity contribution in [3.8, 4) is 0 Å². The van der Waals surface area contributed by atoms with Gasteiger partial charge in [-0.15, -0.1) is 0 Å². The van der Waals surface area contributed by atoms with E-state index in [4.69, 9.17) is 25.2 Å². The van der Waals surface area contributed by atoms with Crippen molar-refractivity contribution in [2.24, 2.45) is 5.73 Å². The van der Waals surface area contributed by atoms with Crippen LogP contribution in [0.5, 0.6) is 0 Å². The summed E-state index contributed by atoms with van der Waals surface area (Å²) in [6.45, 7) is -1.10. The Labute approximate surface area is 183 Å². The average molecular weight is 539 g/mol. The van der Waals surface area contributed by atoms with Gasteiger partial charge in [-0.1, -0.05) is 6.08 Å². The molecule has 0 amide bonds. The summed E-state index contributed by atoms with van der Waals surface area (Å²) in [6.07, 6.45) is -2.59. The van der Waals surface area contributed by atoms with Crippen LogP contribution in [0.2, 0.25) is 0 Å². The first-order valence-electron chi connectivity index (χ1n) is 8.53. The largest absolute Gasteiger partial charge is 0.490 e. The molecule has 6 atom stereocenters. The van der Waals surface area contributed by atoms with Crippen molar-refractivity contribution in [3.63, 3.8) is 0 Å². The molecule has 2 heterocycles. The number of ether oxygens (including phenoxy) is 1. The molecule has 0 radical (unpaired) electrons. The fourth-order valence-electron chi connectivity index (χ4n) is 2.89. The fraction of sp³-hybridized carbons (Fsp3) is 0.500. The monoisotopic (exact) mass is 539 g/mol. The Morgan fingerprint density at radius 3 is 2.33 bits per heavy atom. The quantitative estimate of drug-likeness (QED) is 0.143. The van der Waals surface area contributed by atoms with Crippen LogP contribution in [0.4, 0.5) is 0 Å². The Morgan fingerprint density at radius 1 is 1.15 bits per heavy atom. The highest BCUT2D eigenvalue weighted by Crippen LogP contribution is 2.66. The van der Waals surface area contributed by atoms with Crippen molar-refractivity contribution in [3.05, 3.63) is 45.4 Å². The molecule has 0 spiro atoms. The second kappa shape index (κ2) is 10.0. The first-order valence-corrected chi connectivity index (χ1v) is 13.1. The van der Waals surface area contributed by atoms with E-state index in [1.165, 1.54) is 6.08 Å². The van der Waals surface area contributed by atoms with Crippen molar-refractivity contribution in [2.75, 3.05) is 6.61 Å². The minimum absolute atomic E-state index is 0.348. The van der Waals surface area contributed by atoms with Crippen molar-refractivity contribution >= 4 is 23.5 Å². The van der Waals surface area contributed by atoms with Crippen molar-refractivity contribution in [2.45, 2.75) is 30.5 Å². The molecule has 0 bridgehead atoms. The van der Waals surface area contributed by atoms with E-state index in [1.54, 1.807) is 0 Å². The molecule has 0 aliphatic carbocycles. The van der Waals surface area contributed by atoms with Crippen molar-refractivity contribution in [1.29, 1.82) is 0 Å². The lowest BCUT2D eigenvalue weighted by Gasteiger charge is -2.32. The van der Waals surface area contributed by atoms with Crippen LogP contribution < -0.4 is 17.0 Å². The van der Waals surface area contributed by atoms with E-state index in [0.29, 0.717) is 0 Å². The standard InChI is InChI=1S/C12H20N3O15P3/c13-4-1-3-12(15-5-2-8(16)14-11(15)19)10(18)9(17)7(28-12)6-27-32(23,24)30-33(25,26)29-31(20,21)22/h1-2,4-5,7,9-10,17-18H,3,6,13H2,(H,23,24)(H,25,26)(H,14,16,19)(H2,20,21,22)/t7-,9-,10-,12-/m1/s1. The fourth-order valence-corrected chi connectivity index (χ4v) is 5.92. The topological polar surface area (TPSA) is 290 Å². The smallest absolute Gasteiger partial charge is 0.405 e. The number of rotatable bonds is 10. The number of nitrogens with two attached hydrogens (primary N) is 1. The first-order chi connectivity index (χ1) is 15.0. The van der Waals surface area contributed by atoms with Gasteiger partial charge in [0.2, 0.25) is 0 Å². The average Bonchev–Trinajstić information content (AvgIpc) is 2.87. The highest BCUT2D eigenvalue weighted by molar-refractivity contribution is 7.66. The zero-order chi connectivity index (χ0) is 25.2. The number of phosphoric ester groups is 1. The number of phosphoric acid groups is 3. The number of aliphatic hydroxyl groups excluding tert-OH is 2. The van der Waals surface area contributed by atoms with Gasteiger partial charge in [-0.3, -0.25) is 18.9 Å². The van der Waals surface area contributed by atoms with Gasteiger partial charge in [0, 0.05) is 18.7 Å². The summed E-state index contributed by atoms with van der Waals surface area (Å²) in [7, 11) is -16.9. The first kappa shape index (κ1) is 27.8. The number of hydrogen-bond donors (Lipinski definition) is 8. The lowest BCUT2D eigenvalue weighted by molar-refractivity contribution is -0.147. The van der Waals surface area contributed by atoms with Crippen molar-refractivity contribution < 1.29 is 61.4 Å². The summed E-state index contributed by atoms with van der Waals surface area (Å²) < 4.78 is 51.7. The summed E-state index contributed by atoms with van der Waals surface area (Å²) in [5, 5.41) is 20.9. The zero-order valence-corrected chi connectivity index (χ0v) is 18.9. The molecular formula is C12H20N3O15P3. The lowest BCUT2D eigenvalue weighted by Crippen LogP contribution is -2.51. The SMILES string of the molecule is NC=CC[C@@]1(n2ccc(=O)[nH]c2=O)O[C@H](COP(=O)(O)OP(=O)(O)OP(=O)(O)O)[C@@H](O)[C@H]1O. The number of H-pyrrole nitrogens is 1. The normalized spacial score (nSPS) is 29.7. The number of aliphatic hydroxyl groups is 2. The second-order valence-corrected chi connectivity index (χ2v) is 10.9. The lowest BCUT2D eigenvalue weighted by atomic mass is 9.99. The molecule has 18 nitrogen and oxygen atoms in total. The van der Waals surface area contributed by atoms with E-state index < -0.39 is 65.4 Å². The Morgan fingerprint density at radius 2 is 1.79 bits per heavy atom. The predicted octanol–water partition coefficient (Wildman–Crippen LogP) is -2.48. The van der Waals surface area contributed by atoms with E-state index in [1.807, 2.05) is 4.98 Å². The van der Waals surface area contributed by atoms with Gasteiger partial charge in [0.1, 0.15) is 18.3 Å². The Kier molecular flexibility index (Phi) is 8.42. The third-order valence-corrected chi connectivity index (χ3v) is 7.92. The summed E-state index contributed by atoms with van der Waals surface area (Å²) in [5.74, 6) is 0. The predicted molar refractivity (Wildman–Crippen MR) is 104 cm³/mol. The maximum absolute atomic E-state index is 12.2. The van der Waals surface area contributed by atoms with E-state index >= 15 is 0 Å². The van der Waals surface area contributed by atoms with Crippen LogP contribution in [0, 0.1) is 0 Å². The molecule has 0 aromatic carbocycles. The second-order valence-electron chi connectivity index (χ2n) is 6.44. The summed E-state index contributed by atoms with van der Waals surface area (Å²) in [6, 6.07) is 0.914. The van der Waals surface area contributed by atoms with Gasteiger partial charge < -0.3 is 40.3 Å². The number of hydrogen-bond acceptors (Lipinski definition) is 12. The van der Waals surface area contributed by atoms with Crippen molar-refractivity contribution in [1.82, 2.24) is 9.55 Å². The number of nitrogens with zero attached hydrogens (tertiary/aromatic N) is 1. The Bertz CT molecular complexity index is 1140. The molecule has 21 heteroatoms. The molecule has 1 fully saturated rings. The molecule has 0 saturated carbocycles. The maximum Gasteiger partial charge on any atom is 0.490 e. The molecule has 1 aromatic rings. The van der Waals surface area contributed by atoms with Gasteiger partial charge in [0.15, 0.2) is 5.72 Å². The van der Waals surface area contributed by atoms with E-state index in [2.05, 4.69) is 13.1 Å². The van der Waals surface area contributed by atoms with Crippen LogP contribution in [0.25, 0.3) is 0 Å². The minimum Gasteiger partial charge on any atom is -0.405 e. The third-order valence-electron chi connectivity index (χ3n) is 4.12. The third kappa shape index (κ3) is 7.00. The highest BCUT2D eigenvalue weighted by Gasteiger charge is 2.56.